The summed E-state index contributed by atoms with van der Waals surface area (Å²) in [5, 5.41) is 20.6. The molecule has 1 aliphatic rings. The number of anilines is 1. The van der Waals surface area contributed by atoms with Crippen LogP contribution in [0.25, 0.3) is 22.4 Å². The highest BCUT2D eigenvalue weighted by Crippen LogP contribution is 2.41. The molecule has 2 unspecified atom stereocenters. The zero-order chi connectivity index (χ0) is 29.8. The maximum atomic E-state index is 12.8. The van der Waals surface area contributed by atoms with Gasteiger partial charge < -0.3 is 25.2 Å². The van der Waals surface area contributed by atoms with Crippen molar-refractivity contribution in [2.45, 2.75) is 25.1 Å². The molecule has 0 saturated carbocycles. The smallest absolute Gasteiger partial charge is 0.279 e. The van der Waals surface area contributed by atoms with Gasteiger partial charge in [-0.05, 0) is 18.6 Å². The highest BCUT2D eigenvalue weighted by Gasteiger charge is 2.24. The van der Waals surface area contributed by atoms with E-state index >= 15 is 0 Å². The number of aromatic nitrogens is 4. The van der Waals surface area contributed by atoms with E-state index in [9.17, 15) is 14.7 Å². The van der Waals surface area contributed by atoms with Gasteiger partial charge in [-0.2, -0.15) is 5.10 Å². The first kappa shape index (κ1) is 29.6. The van der Waals surface area contributed by atoms with E-state index in [1.807, 2.05) is 12.1 Å². The first-order valence-corrected chi connectivity index (χ1v) is 13.8. The second kappa shape index (κ2) is 13.0. The summed E-state index contributed by atoms with van der Waals surface area (Å²) in [4.78, 5) is 34.4. The van der Waals surface area contributed by atoms with Crippen molar-refractivity contribution < 1.29 is 19.4 Å². The van der Waals surface area contributed by atoms with Crippen molar-refractivity contribution in [1.29, 1.82) is 0 Å². The molecule has 11 nitrogen and oxygen atoms in total. The lowest BCUT2D eigenvalue weighted by atomic mass is 10.0. The number of carbonyl (C=O) groups excluding carboxylic acids is 1. The average molecular weight is 611 g/mol. The van der Waals surface area contributed by atoms with Crippen molar-refractivity contribution >= 4 is 34.8 Å². The number of amides is 1. The van der Waals surface area contributed by atoms with Crippen LogP contribution in [0.5, 0.6) is 5.88 Å². The summed E-state index contributed by atoms with van der Waals surface area (Å²) in [6.07, 6.45) is 3.07. The Morgan fingerprint density at radius 2 is 1.88 bits per heavy atom. The third-order valence-electron chi connectivity index (χ3n) is 6.92. The van der Waals surface area contributed by atoms with Gasteiger partial charge in [0.2, 0.25) is 5.88 Å². The fourth-order valence-corrected chi connectivity index (χ4v) is 5.24. The SMILES string of the molecule is COc1nc(-c2cccc(-c3cccc(NC(=O)c4ccnn(C)c4=O)c3Cl)c2Cl)cnc1CNC1CCOCC1O. The summed E-state index contributed by atoms with van der Waals surface area (Å²) in [5.41, 5.74) is 2.57. The number of aliphatic hydroxyl groups is 1. The maximum absolute atomic E-state index is 12.8. The van der Waals surface area contributed by atoms with Crippen LogP contribution < -0.4 is 20.9 Å². The Hall–Kier alpha value is -3.87. The summed E-state index contributed by atoms with van der Waals surface area (Å²) in [6, 6.07) is 11.8. The average Bonchev–Trinajstić information content (AvgIpc) is 2.99. The lowest BCUT2D eigenvalue weighted by molar-refractivity contribution is -0.0281. The van der Waals surface area contributed by atoms with E-state index in [4.69, 9.17) is 32.7 Å². The van der Waals surface area contributed by atoms with E-state index < -0.39 is 17.6 Å². The fourth-order valence-electron chi connectivity index (χ4n) is 4.64. The van der Waals surface area contributed by atoms with Gasteiger partial charge in [0.1, 0.15) is 11.3 Å². The molecule has 2 aromatic carbocycles. The molecule has 2 aromatic heterocycles. The maximum Gasteiger partial charge on any atom is 0.279 e. The van der Waals surface area contributed by atoms with Crippen LogP contribution in [-0.2, 0) is 18.3 Å². The van der Waals surface area contributed by atoms with Crippen molar-refractivity contribution in [2.75, 3.05) is 25.6 Å². The Labute approximate surface area is 251 Å². The van der Waals surface area contributed by atoms with E-state index in [1.54, 1.807) is 30.5 Å². The molecule has 2 atom stereocenters. The lowest BCUT2D eigenvalue weighted by Gasteiger charge is -2.28. The number of nitrogens with one attached hydrogen (secondary N) is 2. The van der Waals surface area contributed by atoms with E-state index in [1.165, 1.54) is 26.4 Å². The Morgan fingerprint density at radius 3 is 2.64 bits per heavy atom. The summed E-state index contributed by atoms with van der Waals surface area (Å²) >= 11 is 13.6. The van der Waals surface area contributed by atoms with Crippen molar-refractivity contribution in [3.05, 3.63) is 86.5 Å². The van der Waals surface area contributed by atoms with Gasteiger partial charge in [-0.15, -0.1) is 0 Å². The first-order valence-electron chi connectivity index (χ1n) is 13.1. The number of aliphatic hydroxyl groups excluding tert-OH is 1. The zero-order valence-electron chi connectivity index (χ0n) is 22.8. The van der Waals surface area contributed by atoms with Crippen LogP contribution in [0, 0.1) is 0 Å². The molecule has 0 aliphatic carbocycles. The van der Waals surface area contributed by atoms with Crippen molar-refractivity contribution in [2.24, 2.45) is 7.05 Å². The number of benzene rings is 2. The predicted molar refractivity (Wildman–Crippen MR) is 159 cm³/mol. The minimum Gasteiger partial charge on any atom is -0.480 e. The Bertz CT molecular complexity index is 1680. The minimum atomic E-state index is -0.611. The number of methoxy groups -OCH3 is 1. The van der Waals surface area contributed by atoms with Gasteiger partial charge in [0.05, 0.1) is 47.4 Å². The number of hydrogen-bond acceptors (Lipinski definition) is 9. The molecule has 0 spiro atoms. The van der Waals surface area contributed by atoms with Gasteiger partial charge in [-0.1, -0.05) is 53.5 Å². The first-order chi connectivity index (χ1) is 20.3. The summed E-state index contributed by atoms with van der Waals surface area (Å²) < 4.78 is 11.9. The van der Waals surface area contributed by atoms with Crippen LogP contribution in [0.4, 0.5) is 5.69 Å². The standard InChI is InChI=1S/C29H28Cl2N6O5/c1-37-29(40)19(9-11-34-37)27(39)35-21-8-4-6-17(26(21)31)16-5-3-7-18(25(16)30)22-13-33-23(28(36-22)41-2)14-32-20-10-12-42-15-24(20)38/h3-9,11,13,20,24,32,38H,10,12,14-15H2,1-2H3,(H,35,39). The van der Waals surface area contributed by atoms with Gasteiger partial charge in [0.15, 0.2) is 0 Å². The Morgan fingerprint density at radius 1 is 1.14 bits per heavy atom. The lowest BCUT2D eigenvalue weighted by Crippen LogP contribution is -2.46. The molecule has 0 bridgehead atoms. The van der Waals surface area contributed by atoms with Gasteiger partial charge in [-0.25, -0.2) is 9.67 Å². The third-order valence-corrected chi connectivity index (χ3v) is 7.74. The van der Waals surface area contributed by atoms with E-state index in [-0.39, 0.29) is 23.2 Å². The molecule has 1 aliphatic heterocycles. The number of nitrogens with zero attached hydrogens (tertiary/aromatic N) is 4. The molecule has 3 heterocycles. The van der Waals surface area contributed by atoms with Crippen LogP contribution in [0.3, 0.4) is 0 Å². The molecule has 3 N–H and O–H groups in total. The zero-order valence-corrected chi connectivity index (χ0v) is 24.3. The predicted octanol–water partition coefficient (Wildman–Crippen LogP) is 3.71. The topological polar surface area (TPSA) is 140 Å². The molecule has 1 saturated heterocycles. The molecule has 0 radical (unpaired) electrons. The van der Waals surface area contributed by atoms with Gasteiger partial charge >= 0.3 is 0 Å². The van der Waals surface area contributed by atoms with Gasteiger partial charge in [-0.3, -0.25) is 14.6 Å². The van der Waals surface area contributed by atoms with Gasteiger partial charge in [0, 0.05) is 49.1 Å². The quantitative estimate of drug-likeness (QED) is 0.272. The van der Waals surface area contributed by atoms with Crippen LogP contribution in [0.2, 0.25) is 10.0 Å². The summed E-state index contributed by atoms with van der Waals surface area (Å²) in [6.45, 7) is 1.22. The second-order valence-electron chi connectivity index (χ2n) is 9.59. The number of hydrogen-bond donors (Lipinski definition) is 3. The van der Waals surface area contributed by atoms with Crippen molar-refractivity contribution in [3.63, 3.8) is 0 Å². The van der Waals surface area contributed by atoms with E-state index in [0.717, 1.165) is 4.68 Å². The van der Waals surface area contributed by atoms with Crippen LogP contribution in [0.15, 0.2) is 59.7 Å². The molecular formula is C29H28Cl2N6O5. The molecule has 218 valence electrons. The molecular weight excluding hydrogens is 583 g/mol. The molecule has 1 fully saturated rings. The fraction of sp³-hybridized carbons (Fsp3) is 0.276. The largest absolute Gasteiger partial charge is 0.480 e. The van der Waals surface area contributed by atoms with Gasteiger partial charge in [0.25, 0.3) is 11.5 Å². The summed E-state index contributed by atoms with van der Waals surface area (Å²) in [7, 11) is 2.98. The number of ether oxygens (including phenoxy) is 2. The monoisotopic (exact) mass is 610 g/mol. The number of aryl methyl sites for hydroxylation is 1. The molecule has 1 amide bonds. The van der Waals surface area contributed by atoms with Crippen LogP contribution >= 0.6 is 23.2 Å². The number of halogens is 2. The highest BCUT2D eigenvalue weighted by molar-refractivity contribution is 6.39. The Balaban J connectivity index is 1.41. The van der Waals surface area contributed by atoms with Crippen LogP contribution in [-0.4, -0.2) is 63.2 Å². The summed E-state index contributed by atoms with van der Waals surface area (Å²) in [5.74, 6) is -0.284. The number of carbonyl (C=O) groups is 1. The molecule has 5 rings (SSSR count). The third kappa shape index (κ3) is 6.15. The molecule has 4 aromatic rings. The van der Waals surface area contributed by atoms with Crippen LogP contribution in [0.1, 0.15) is 22.5 Å². The normalized spacial score (nSPS) is 16.7. The number of rotatable bonds is 8. The highest BCUT2D eigenvalue weighted by atomic mass is 35.5. The van der Waals surface area contributed by atoms with Crippen molar-refractivity contribution in [3.8, 4) is 28.3 Å². The minimum absolute atomic E-state index is 0.0656. The second-order valence-corrected chi connectivity index (χ2v) is 10.3. The molecule has 42 heavy (non-hydrogen) atoms. The molecule has 13 heteroatoms. The van der Waals surface area contributed by atoms with E-state index in [2.05, 4.69) is 25.7 Å². The van der Waals surface area contributed by atoms with Crippen molar-refractivity contribution in [1.82, 2.24) is 25.1 Å². The van der Waals surface area contributed by atoms with E-state index in [0.29, 0.717) is 64.2 Å². The Kier molecular flexibility index (Phi) is 9.15.